The summed E-state index contributed by atoms with van der Waals surface area (Å²) < 4.78 is 11.2. The summed E-state index contributed by atoms with van der Waals surface area (Å²) in [5.74, 6) is 0.659. The van der Waals surface area contributed by atoms with E-state index in [-0.39, 0.29) is 17.0 Å². The molecule has 0 saturated heterocycles. The Labute approximate surface area is 181 Å². The normalized spacial score (nSPS) is 21.4. The number of Topliss-reactive ketones (excluding diaryl/α,β-unsaturated/α-hetero) is 2. The van der Waals surface area contributed by atoms with Gasteiger partial charge in [0.15, 0.2) is 23.1 Å². The van der Waals surface area contributed by atoms with Crippen LogP contribution in [0.5, 0.6) is 11.5 Å². The Kier molecular flexibility index (Phi) is 4.33. The number of benzene rings is 2. The maximum Gasteiger partial charge on any atom is 0.192 e. The summed E-state index contributed by atoms with van der Waals surface area (Å²) in [6.45, 7) is 4.21. The summed E-state index contributed by atoms with van der Waals surface area (Å²) in [4.78, 5) is 27.0. The number of para-hydroxylation sites is 1. The highest BCUT2D eigenvalue weighted by Gasteiger charge is 2.47. The van der Waals surface area contributed by atoms with Gasteiger partial charge in [-0.05, 0) is 17.9 Å². The molecule has 5 rings (SSSR count). The van der Waals surface area contributed by atoms with Crippen LogP contribution in [0.25, 0.3) is 5.70 Å². The molecule has 2 aliphatic carbocycles. The van der Waals surface area contributed by atoms with Crippen LogP contribution in [0.1, 0.15) is 54.1 Å². The van der Waals surface area contributed by atoms with Gasteiger partial charge in [-0.25, -0.2) is 0 Å². The Morgan fingerprint density at radius 2 is 1.65 bits per heavy atom. The van der Waals surface area contributed by atoms with Gasteiger partial charge in [0.2, 0.25) is 0 Å². The van der Waals surface area contributed by atoms with Crippen LogP contribution in [0.15, 0.2) is 59.3 Å². The van der Waals surface area contributed by atoms with Crippen molar-refractivity contribution in [3.63, 3.8) is 0 Å². The van der Waals surface area contributed by atoms with Crippen LogP contribution in [0, 0.1) is 5.41 Å². The van der Waals surface area contributed by atoms with Gasteiger partial charge in [0, 0.05) is 45.9 Å². The maximum absolute atomic E-state index is 13.6. The molecule has 0 saturated carbocycles. The molecule has 5 nitrogen and oxygen atoms in total. The van der Waals surface area contributed by atoms with E-state index in [1.807, 2.05) is 42.5 Å². The van der Waals surface area contributed by atoms with Crippen molar-refractivity contribution in [1.82, 2.24) is 5.32 Å². The lowest BCUT2D eigenvalue weighted by atomic mass is 9.68. The number of carbonyl (C=O) groups excluding carboxylic acids is 2. The number of ketones is 2. The van der Waals surface area contributed by atoms with Gasteiger partial charge >= 0.3 is 0 Å². The number of ether oxygens (including phenoxy) is 2. The van der Waals surface area contributed by atoms with Crippen molar-refractivity contribution in [3.05, 3.63) is 76.0 Å². The second-order valence-corrected chi connectivity index (χ2v) is 9.14. The number of rotatable bonds is 3. The van der Waals surface area contributed by atoms with Gasteiger partial charge in [0.05, 0.1) is 19.9 Å². The molecule has 0 fully saturated rings. The first-order chi connectivity index (χ1) is 14.9. The van der Waals surface area contributed by atoms with E-state index in [0.717, 1.165) is 28.9 Å². The van der Waals surface area contributed by atoms with Crippen molar-refractivity contribution in [3.8, 4) is 11.5 Å². The number of hydrogen-bond donors (Lipinski definition) is 1. The second-order valence-electron chi connectivity index (χ2n) is 9.14. The highest BCUT2D eigenvalue weighted by atomic mass is 16.5. The molecule has 31 heavy (non-hydrogen) atoms. The third-order valence-corrected chi connectivity index (χ3v) is 6.47. The lowest BCUT2D eigenvalue weighted by molar-refractivity contribution is -0.118. The third kappa shape index (κ3) is 2.83. The maximum atomic E-state index is 13.6. The number of dihydropyridines is 1. The number of fused-ring (bicyclic) bond motifs is 2. The van der Waals surface area contributed by atoms with Gasteiger partial charge in [-0.3, -0.25) is 9.59 Å². The predicted octanol–water partition coefficient (Wildman–Crippen LogP) is 4.64. The Morgan fingerprint density at radius 1 is 0.903 bits per heavy atom. The van der Waals surface area contributed by atoms with Gasteiger partial charge < -0.3 is 14.8 Å². The average molecular weight is 415 g/mol. The van der Waals surface area contributed by atoms with Crippen LogP contribution in [0.4, 0.5) is 0 Å². The summed E-state index contributed by atoms with van der Waals surface area (Å²) in [7, 11) is 3.17. The first kappa shape index (κ1) is 19.6. The van der Waals surface area contributed by atoms with Crippen LogP contribution >= 0.6 is 0 Å². The van der Waals surface area contributed by atoms with Crippen molar-refractivity contribution < 1.29 is 19.1 Å². The molecule has 0 amide bonds. The molecule has 158 valence electrons. The monoisotopic (exact) mass is 415 g/mol. The Morgan fingerprint density at radius 3 is 2.35 bits per heavy atom. The van der Waals surface area contributed by atoms with Crippen molar-refractivity contribution in [1.29, 1.82) is 0 Å². The molecule has 3 aliphatic rings. The lowest BCUT2D eigenvalue weighted by Gasteiger charge is -2.39. The quantitative estimate of drug-likeness (QED) is 0.791. The van der Waals surface area contributed by atoms with E-state index < -0.39 is 5.92 Å². The fraction of sp³-hybridized carbons (Fsp3) is 0.308. The third-order valence-electron chi connectivity index (χ3n) is 6.47. The summed E-state index contributed by atoms with van der Waals surface area (Å²) in [5, 5.41) is 3.50. The number of allylic oxidation sites excluding steroid dienone is 3. The number of methoxy groups -OCH3 is 2. The zero-order valence-electron chi connectivity index (χ0n) is 18.2. The van der Waals surface area contributed by atoms with Crippen LogP contribution in [0.2, 0.25) is 0 Å². The van der Waals surface area contributed by atoms with E-state index in [0.29, 0.717) is 34.6 Å². The molecular weight excluding hydrogens is 390 g/mol. The Balaban J connectivity index is 1.79. The zero-order chi connectivity index (χ0) is 21.9. The number of nitrogens with one attached hydrogen (secondary N) is 1. The lowest BCUT2D eigenvalue weighted by Crippen LogP contribution is -2.37. The number of carbonyl (C=O) groups is 2. The van der Waals surface area contributed by atoms with E-state index in [9.17, 15) is 9.59 Å². The molecule has 0 aromatic heterocycles. The standard InChI is InChI=1S/C26H25NO4/c1-26(2)12-17-21(18(28)13-26)20(16-10-7-11-19(30-3)25(16)31-4)22-23(27-17)14-8-5-6-9-15(14)24(22)29/h5-11,20,27H,12-13H2,1-4H3. The van der Waals surface area contributed by atoms with Crippen molar-refractivity contribution in [2.45, 2.75) is 32.6 Å². The second kappa shape index (κ2) is 6.84. The molecule has 2 aromatic rings. The van der Waals surface area contributed by atoms with Crippen molar-refractivity contribution >= 4 is 17.3 Å². The summed E-state index contributed by atoms with van der Waals surface area (Å²) >= 11 is 0. The molecule has 2 aromatic carbocycles. The molecule has 5 heteroatoms. The highest BCUT2D eigenvalue weighted by Crippen LogP contribution is 2.53. The molecule has 1 aliphatic heterocycles. The molecule has 1 N–H and O–H groups in total. The van der Waals surface area contributed by atoms with Crippen molar-refractivity contribution in [2.24, 2.45) is 5.41 Å². The summed E-state index contributed by atoms with van der Waals surface area (Å²) in [6, 6.07) is 13.2. The molecule has 1 unspecified atom stereocenters. The van der Waals surface area contributed by atoms with Gasteiger partial charge in [-0.1, -0.05) is 50.2 Å². The summed E-state index contributed by atoms with van der Waals surface area (Å²) in [5.41, 5.74) is 5.17. The van der Waals surface area contributed by atoms with E-state index in [1.165, 1.54) is 0 Å². The van der Waals surface area contributed by atoms with Crippen molar-refractivity contribution in [2.75, 3.05) is 14.2 Å². The minimum absolute atomic E-state index is 0.0443. The first-order valence-corrected chi connectivity index (χ1v) is 10.5. The van der Waals surface area contributed by atoms with Crippen LogP contribution in [-0.4, -0.2) is 25.8 Å². The predicted molar refractivity (Wildman–Crippen MR) is 118 cm³/mol. The van der Waals surface area contributed by atoms with E-state index >= 15 is 0 Å². The van der Waals surface area contributed by atoms with Gasteiger partial charge in [-0.15, -0.1) is 0 Å². The smallest absolute Gasteiger partial charge is 0.192 e. The molecule has 0 spiro atoms. The average Bonchev–Trinajstić information content (AvgIpc) is 3.03. The van der Waals surface area contributed by atoms with Gasteiger partial charge in [0.1, 0.15) is 0 Å². The molecular formula is C26H25NO4. The molecule has 1 atom stereocenters. The van der Waals surface area contributed by atoms with Gasteiger partial charge in [-0.2, -0.15) is 0 Å². The van der Waals surface area contributed by atoms with Crippen LogP contribution in [-0.2, 0) is 4.79 Å². The Hall–Kier alpha value is -3.34. The minimum atomic E-state index is -0.500. The SMILES string of the molecule is COc1cccc(C2C3=C(CC(C)(C)CC3=O)NC3=C2C(=O)c2ccccc23)c1OC. The highest BCUT2D eigenvalue weighted by molar-refractivity contribution is 6.23. The van der Waals surface area contributed by atoms with Crippen LogP contribution in [0.3, 0.4) is 0 Å². The minimum Gasteiger partial charge on any atom is -0.493 e. The van der Waals surface area contributed by atoms with E-state index in [1.54, 1.807) is 14.2 Å². The first-order valence-electron chi connectivity index (χ1n) is 10.5. The van der Waals surface area contributed by atoms with E-state index in [4.69, 9.17) is 9.47 Å². The van der Waals surface area contributed by atoms with Crippen LogP contribution < -0.4 is 14.8 Å². The summed E-state index contributed by atoms with van der Waals surface area (Å²) in [6.07, 6.45) is 1.18. The molecule has 0 bridgehead atoms. The number of hydrogen-bond acceptors (Lipinski definition) is 5. The topological polar surface area (TPSA) is 64.6 Å². The fourth-order valence-corrected chi connectivity index (χ4v) is 5.24. The largest absolute Gasteiger partial charge is 0.493 e. The zero-order valence-corrected chi connectivity index (χ0v) is 18.2. The Bertz CT molecular complexity index is 1200. The van der Waals surface area contributed by atoms with E-state index in [2.05, 4.69) is 19.2 Å². The molecule has 0 radical (unpaired) electrons. The van der Waals surface area contributed by atoms with Gasteiger partial charge in [0.25, 0.3) is 0 Å². The fourth-order valence-electron chi connectivity index (χ4n) is 5.24. The molecule has 1 heterocycles.